The summed E-state index contributed by atoms with van der Waals surface area (Å²) in [5.74, 6) is 11.2. The Morgan fingerprint density at radius 3 is 2.26 bits per heavy atom. The molecule has 11 atom stereocenters. The van der Waals surface area contributed by atoms with Crippen LogP contribution in [0.3, 0.4) is 0 Å². The Kier molecular flexibility index (Phi) is 1.27. The zero-order chi connectivity index (χ0) is 12.1. The summed E-state index contributed by atoms with van der Waals surface area (Å²) in [6.45, 7) is 2.49. The van der Waals surface area contributed by atoms with Gasteiger partial charge in [0.2, 0.25) is 0 Å². The Morgan fingerprint density at radius 1 is 0.895 bits per heavy atom. The van der Waals surface area contributed by atoms with Crippen LogP contribution in [-0.4, -0.2) is 0 Å². The van der Waals surface area contributed by atoms with Crippen LogP contribution >= 0.6 is 0 Å². The van der Waals surface area contributed by atoms with Crippen molar-refractivity contribution in [2.75, 3.05) is 0 Å². The number of hydrogen-bond donors (Lipinski definition) is 0. The van der Waals surface area contributed by atoms with Gasteiger partial charge >= 0.3 is 0 Å². The molecule has 0 amide bonds. The monoisotopic (exact) mass is 254 g/mol. The fourth-order valence-corrected chi connectivity index (χ4v) is 10.3. The van der Waals surface area contributed by atoms with E-state index in [1.54, 1.807) is 38.5 Å². The van der Waals surface area contributed by atoms with Gasteiger partial charge in [0.1, 0.15) is 0 Å². The van der Waals surface area contributed by atoms with Crippen LogP contribution in [0, 0.1) is 64.1 Å². The summed E-state index contributed by atoms with van der Waals surface area (Å²) in [5.41, 5.74) is 1.91. The van der Waals surface area contributed by atoms with E-state index in [0.29, 0.717) is 0 Å². The van der Waals surface area contributed by atoms with E-state index < -0.39 is 0 Å². The molecule has 7 aliphatic carbocycles. The maximum atomic E-state index is 2.49. The lowest BCUT2D eigenvalue weighted by Gasteiger charge is -2.71. The van der Waals surface area contributed by atoms with Crippen molar-refractivity contribution in [1.29, 1.82) is 0 Å². The highest BCUT2D eigenvalue weighted by atomic mass is 15.0. The third-order valence-electron chi connectivity index (χ3n) is 10.5. The fourth-order valence-electron chi connectivity index (χ4n) is 10.3. The maximum Gasteiger partial charge on any atom is -0.0165 e. The summed E-state index contributed by atoms with van der Waals surface area (Å²) in [6, 6.07) is 0. The van der Waals surface area contributed by atoms with E-state index in [-0.39, 0.29) is 0 Å². The van der Waals surface area contributed by atoms with Gasteiger partial charge in [0.15, 0.2) is 0 Å². The van der Waals surface area contributed by atoms with Crippen molar-refractivity contribution >= 4 is 0 Å². The van der Waals surface area contributed by atoms with Crippen molar-refractivity contribution in [2.45, 2.75) is 51.9 Å². The van der Waals surface area contributed by atoms with Gasteiger partial charge in [-0.1, -0.05) is 13.3 Å². The highest BCUT2D eigenvalue weighted by molar-refractivity contribution is 5.42. The Balaban J connectivity index is 1.40. The van der Waals surface area contributed by atoms with Crippen molar-refractivity contribution < 1.29 is 0 Å². The first-order valence-electron chi connectivity index (χ1n) is 9.34. The van der Waals surface area contributed by atoms with Gasteiger partial charge < -0.3 is 0 Å². The van der Waals surface area contributed by atoms with Crippen LogP contribution < -0.4 is 0 Å². The molecule has 0 aromatic heterocycles. The summed E-state index contributed by atoms with van der Waals surface area (Å²) in [4.78, 5) is 0. The van der Waals surface area contributed by atoms with E-state index in [1.807, 2.05) is 0 Å². The first kappa shape index (κ1) is 9.85. The second-order valence-corrected chi connectivity index (χ2v) is 9.64. The van der Waals surface area contributed by atoms with E-state index >= 15 is 0 Å². The minimum atomic E-state index is 0.933. The molecule has 7 rings (SSSR count). The van der Waals surface area contributed by atoms with Gasteiger partial charge in [-0.05, 0) is 103 Å². The molecular weight excluding hydrogens is 228 g/mol. The van der Waals surface area contributed by atoms with Gasteiger partial charge in [-0.25, -0.2) is 0 Å². The number of rotatable bonds is 1. The van der Waals surface area contributed by atoms with Gasteiger partial charge in [0.05, 0.1) is 0 Å². The molecule has 0 heteroatoms. The summed E-state index contributed by atoms with van der Waals surface area (Å²) >= 11 is 0. The second kappa shape index (κ2) is 2.46. The minimum absolute atomic E-state index is 0.933. The molecule has 0 heterocycles. The standard InChI is InChI=1S/C19H26/c1-2-9-7-10-8-19-16-14-12-4-3-11(12)13(15(14)17(16)19)5-6-18(9,10)19/h9-17H,2-8H2,1H3. The quantitative estimate of drug-likeness (QED) is 0.652. The molecule has 19 heavy (non-hydrogen) atoms. The average molecular weight is 254 g/mol. The third kappa shape index (κ3) is 0.638. The number of hydrogen-bond acceptors (Lipinski definition) is 0. The fraction of sp³-hybridized carbons (Fsp3) is 1.00. The Hall–Kier alpha value is 0. The van der Waals surface area contributed by atoms with Crippen molar-refractivity contribution in [3.05, 3.63) is 0 Å². The average Bonchev–Trinajstić information content (AvgIpc) is 2.89. The van der Waals surface area contributed by atoms with E-state index in [1.165, 1.54) is 53.8 Å². The van der Waals surface area contributed by atoms with E-state index in [2.05, 4.69) is 6.92 Å². The smallest absolute Gasteiger partial charge is 0.0165 e. The maximum absolute atomic E-state index is 2.49. The summed E-state index contributed by atoms with van der Waals surface area (Å²) in [5, 5.41) is 0. The van der Waals surface area contributed by atoms with Gasteiger partial charge in [-0.3, -0.25) is 0 Å². The van der Waals surface area contributed by atoms with Crippen LogP contribution in [0.15, 0.2) is 0 Å². The molecule has 0 aromatic rings. The Labute approximate surface area is 116 Å². The molecule has 2 spiro atoms. The molecule has 0 N–H and O–H groups in total. The largest absolute Gasteiger partial charge is 0.0651 e. The molecule has 0 radical (unpaired) electrons. The molecule has 0 bridgehead atoms. The first-order chi connectivity index (χ1) is 9.34. The van der Waals surface area contributed by atoms with E-state index in [0.717, 1.165) is 16.7 Å². The number of fused-ring (bicyclic) bond motifs is 4. The second-order valence-electron chi connectivity index (χ2n) is 9.64. The molecule has 0 aliphatic heterocycles. The molecule has 0 nitrogen and oxygen atoms in total. The van der Waals surface area contributed by atoms with Crippen LogP contribution in [0.25, 0.3) is 0 Å². The van der Waals surface area contributed by atoms with Gasteiger partial charge in [0.25, 0.3) is 0 Å². The van der Waals surface area contributed by atoms with E-state index in [9.17, 15) is 0 Å². The zero-order valence-corrected chi connectivity index (χ0v) is 12.1. The molecule has 7 saturated carbocycles. The summed E-state index contributed by atoms with van der Waals surface area (Å²) in [7, 11) is 0. The first-order valence-corrected chi connectivity index (χ1v) is 9.34. The van der Waals surface area contributed by atoms with Crippen LogP contribution in [0.2, 0.25) is 0 Å². The molecule has 0 aromatic carbocycles. The molecule has 7 aliphatic rings. The van der Waals surface area contributed by atoms with Crippen molar-refractivity contribution in [1.82, 2.24) is 0 Å². The molecule has 7 fully saturated rings. The molecule has 0 saturated heterocycles. The zero-order valence-electron chi connectivity index (χ0n) is 12.1. The highest BCUT2D eigenvalue weighted by Crippen LogP contribution is 2.99. The topological polar surface area (TPSA) is 0 Å². The molecule has 11 unspecified atom stereocenters. The predicted molar refractivity (Wildman–Crippen MR) is 74.3 cm³/mol. The van der Waals surface area contributed by atoms with Gasteiger partial charge in [0, 0.05) is 0 Å². The van der Waals surface area contributed by atoms with Crippen LogP contribution in [0.4, 0.5) is 0 Å². The van der Waals surface area contributed by atoms with Crippen molar-refractivity contribution in [3.63, 3.8) is 0 Å². The van der Waals surface area contributed by atoms with Gasteiger partial charge in [-0.2, -0.15) is 0 Å². The summed E-state index contributed by atoms with van der Waals surface area (Å²) < 4.78 is 0. The Morgan fingerprint density at radius 2 is 1.63 bits per heavy atom. The van der Waals surface area contributed by atoms with Crippen LogP contribution in [0.1, 0.15) is 51.9 Å². The SMILES string of the molecule is CCC1CC2CC34C5C6C7CCC7C(CCC123)C6C54. The predicted octanol–water partition coefficient (Wildman–Crippen LogP) is 4.35. The molecule has 102 valence electrons. The Bertz CT molecular complexity index is 500. The molecular formula is C19H26. The van der Waals surface area contributed by atoms with Crippen molar-refractivity contribution in [2.24, 2.45) is 64.1 Å². The lowest BCUT2D eigenvalue weighted by Crippen LogP contribution is -2.64. The van der Waals surface area contributed by atoms with Crippen LogP contribution in [-0.2, 0) is 0 Å². The summed E-state index contributed by atoms with van der Waals surface area (Å²) in [6.07, 6.45) is 11.4. The third-order valence-corrected chi connectivity index (χ3v) is 10.5. The highest BCUT2D eigenvalue weighted by Gasteiger charge is 2.95. The van der Waals surface area contributed by atoms with E-state index in [4.69, 9.17) is 0 Å². The van der Waals surface area contributed by atoms with Gasteiger partial charge in [-0.15, -0.1) is 0 Å². The normalized spacial score (nSPS) is 79.7. The minimum Gasteiger partial charge on any atom is -0.0651 e. The van der Waals surface area contributed by atoms with Crippen molar-refractivity contribution in [3.8, 4) is 0 Å². The van der Waals surface area contributed by atoms with Crippen LogP contribution in [0.5, 0.6) is 0 Å². The lowest BCUT2D eigenvalue weighted by atomic mass is 9.33. The lowest BCUT2D eigenvalue weighted by molar-refractivity contribution is -0.229.